The highest BCUT2D eigenvalue weighted by molar-refractivity contribution is 7.93. The lowest BCUT2D eigenvalue weighted by molar-refractivity contribution is -0.117. The third-order valence-corrected chi connectivity index (χ3v) is 30.7. The SMILES string of the molecule is CNc1cccc(C2=NN(c3ccc(NC(=O)NS(=O)(=O)c4ccc(Cl)s4)cc3)C(=O)C2)c1.CNc1cccc(C2=NN(c3ccc(NC(=O)NS(=O)(=O)c4ccc(Cl)s4)cc3Cl)C(=O)C2)c1.CNc1cccc(C2=NN(c3ccc(NC(=O)NS(=O)(=O)c4ccc(Cl)s4)cc3F)C(=O)C2)c1.O=C(Nc1cnc(N2N=C(c3ccccc3)CC2=O)cn1)NS(=O)(=O)c1ccc(Cl)s1. The molecule has 0 saturated heterocycles. The third-order valence-electron chi connectivity index (χ3n) is 18.2. The number of amides is 12. The van der Waals surface area contributed by atoms with Crippen LogP contribution in [0.4, 0.5) is 86.4 Å². The summed E-state index contributed by atoms with van der Waals surface area (Å²) in [7, 11) is -10.9. The van der Waals surface area contributed by atoms with Crippen LogP contribution in [0.25, 0.3) is 0 Å². The maximum absolute atomic E-state index is 14.8. The van der Waals surface area contributed by atoms with Crippen molar-refractivity contribution in [3.05, 3.63) is 275 Å². The van der Waals surface area contributed by atoms with Crippen molar-refractivity contribution in [1.29, 1.82) is 0 Å². The summed E-state index contributed by atoms with van der Waals surface area (Å²) < 4.78 is 121. The number of sulfonamides is 4. The number of thiophene rings is 4. The minimum absolute atomic E-state index is 0.000386. The van der Waals surface area contributed by atoms with Gasteiger partial charge in [0.05, 0.1) is 94.7 Å². The summed E-state index contributed by atoms with van der Waals surface area (Å²) in [5, 5.41) is 40.6. The van der Waals surface area contributed by atoms with Gasteiger partial charge in [-0.15, -0.1) is 45.3 Å². The molecular weight excluding hydrogens is 1980 g/mol. The molecule has 4 aliphatic rings. The molecule has 4 aliphatic heterocycles. The number of carbonyl (C=O) groups is 8. The Bertz CT molecular complexity index is 6940. The molecule has 12 aromatic rings. The zero-order valence-corrected chi connectivity index (χ0v) is 78.0. The molecule has 0 fully saturated rings. The van der Waals surface area contributed by atoms with Gasteiger partial charge in [-0.1, -0.05) is 125 Å². The second-order valence-corrected chi connectivity index (χ2v) is 42.1. The molecule has 37 nitrogen and oxygen atoms in total. The highest BCUT2D eigenvalue weighted by atomic mass is 35.5. The van der Waals surface area contributed by atoms with Gasteiger partial charge >= 0.3 is 24.1 Å². The molecule has 16 rings (SSSR count). The van der Waals surface area contributed by atoms with Crippen LogP contribution in [-0.2, 0) is 59.3 Å². The van der Waals surface area contributed by atoms with Crippen LogP contribution in [0.15, 0.2) is 262 Å². The summed E-state index contributed by atoms with van der Waals surface area (Å²) in [6, 6.07) is 52.8. The van der Waals surface area contributed by atoms with Gasteiger partial charge in [0, 0.05) is 72.0 Å². The first-order chi connectivity index (χ1) is 62.9. The smallest absolute Gasteiger partial charge is 0.334 e. The number of benzene rings is 7. The van der Waals surface area contributed by atoms with Gasteiger partial charge in [-0.3, -0.25) is 24.5 Å². The molecular formula is C81H65Cl5FN21O16S8. The number of aromatic nitrogens is 2. The molecule has 9 heterocycles. The average Bonchev–Trinajstić information content (AvgIpc) is 1.64. The molecule has 51 heteroatoms. The Kier molecular flexibility index (Phi) is 30.5. The first-order valence-electron chi connectivity index (χ1n) is 37.8. The van der Waals surface area contributed by atoms with Crippen molar-refractivity contribution >= 4 is 277 Å². The van der Waals surface area contributed by atoms with E-state index in [2.05, 4.69) is 67.6 Å². The van der Waals surface area contributed by atoms with Crippen molar-refractivity contribution in [2.24, 2.45) is 20.4 Å². The number of hydrazone groups is 4. The Labute approximate surface area is 792 Å². The largest absolute Gasteiger partial charge is 0.388 e. The summed E-state index contributed by atoms with van der Waals surface area (Å²) in [6.07, 6.45) is 2.83. The predicted octanol–water partition coefficient (Wildman–Crippen LogP) is 15.9. The Morgan fingerprint density at radius 2 is 0.682 bits per heavy atom. The highest BCUT2D eigenvalue weighted by Gasteiger charge is 2.34. The van der Waals surface area contributed by atoms with Crippen molar-refractivity contribution in [1.82, 2.24) is 28.9 Å². The monoisotopic (exact) mass is 2040 g/mol. The molecule has 132 heavy (non-hydrogen) atoms. The highest BCUT2D eigenvalue weighted by Crippen LogP contribution is 2.37. The van der Waals surface area contributed by atoms with E-state index < -0.39 is 75.9 Å². The van der Waals surface area contributed by atoms with Crippen LogP contribution in [0.2, 0.25) is 22.4 Å². The van der Waals surface area contributed by atoms with Gasteiger partial charge in [0.2, 0.25) is 0 Å². The van der Waals surface area contributed by atoms with Crippen molar-refractivity contribution < 1.29 is 76.4 Å². The Hall–Kier alpha value is -13.4. The molecule has 11 N–H and O–H groups in total. The zero-order chi connectivity index (χ0) is 94.5. The van der Waals surface area contributed by atoms with Crippen LogP contribution in [0, 0.1) is 5.82 Å². The average molecular weight is 2040 g/mol. The van der Waals surface area contributed by atoms with Crippen molar-refractivity contribution in [2.45, 2.75) is 42.5 Å². The number of urea groups is 4. The van der Waals surface area contributed by atoms with E-state index in [0.717, 1.165) is 101 Å². The molecule has 5 aromatic heterocycles. The minimum atomic E-state index is -4.13. The molecule has 0 radical (unpaired) electrons. The quantitative estimate of drug-likeness (QED) is 0.0283. The van der Waals surface area contributed by atoms with Gasteiger partial charge in [0.25, 0.3) is 63.7 Å². The first kappa shape index (κ1) is 96.2. The summed E-state index contributed by atoms with van der Waals surface area (Å²) in [5.74, 6) is -1.80. The fraction of sp³-hybridized carbons (Fsp3) is 0.0864. The molecule has 7 aromatic carbocycles. The zero-order valence-electron chi connectivity index (χ0n) is 67.7. The topological polar surface area (TPSA) is 494 Å². The first-order valence-corrected chi connectivity index (χ1v) is 48.9. The van der Waals surface area contributed by atoms with E-state index in [1.165, 1.54) is 101 Å². The molecule has 0 bridgehead atoms. The fourth-order valence-electron chi connectivity index (χ4n) is 12.1. The Morgan fingerprint density at radius 1 is 0.341 bits per heavy atom. The lowest BCUT2D eigenvalue weighted by atomic mass is 10.1. The lowest BCUT2D eigenvalue weighted by Crippen LogP contribution is -2.34. The second-order valence-electron chi connectivity index (χ2n) is 27.2. The molecule has 0 aliphatic carbocycles. The molecule has 0 unspecified atom stereocenters. The van der Waals surface area contributed by atoms with Crippen molar-refractivity contribution in [2.75, 3.05) is 78.4 Å². The standard InChI is InChI=1S/C21H17Cl2N5O4S2.C21H17ClFN5O4S2.C21H18ClN5O4S2.C18H13ClN6O4S2/c1-24-13-4-2-3-12(9-13)16-11-19(29)28(26-16)17-6-5-14(10-15(17)22)25-21(30)27-34(31,32)20-8-7-18(23)33-20;1-24-13-4-2-3-12(9-13)16-11-19(29)28(26-16)17-6-5-14(10-15(17)23)25-21(30)27-34(31,32)20-8-7-18(22)33-20;1-23-15-4-2-3-13(11-15)17-12-19(28)27(25-17)16-7-5-14(6-8-16)24-21(29)26-33(30,31)20-10-9-18(22)32-20;19-13-6-7-17(30-13)31(28,29)24-18(27)22-14-9-21-15(10-20-14)25-16(26)8-12(23-25)11-4-2-1-3-5-11/h2*2-10,24H,11H2,1H3,(H2,25,27,30);2-11,23H,12H2,1H3,(H2,24,26,29);1-7,9-10H,8H2,(H2,20,22,24,27). The van der Waals surface area contributed by atoms with E-state index in [9.17, 15) is 76.4 Å². The van der Waals surface area contributed by atoms with Gasteiger partial charge in [-0.2, -0.15) is 35.4 Å². The molecule has 0 saturated carbocycles. The number of nitrogens with zero attached hydrogens (tertiary/aromatic N) is 10. The van der Waals surface area contributed by atoms with E-state index >= 15 is 0 Å². The Morgan fingerprint density at radius 3 is 1.06 bits per heavy atom. The van der Waals surface area contributed by atoms with Crippen LogP contribution in [0.5, 0.6) is 0 Å². The summed E-state index contributed by atoms with van der Waals surface area (Å²) in [6.45, 7) is 0. The number of carbonyl (C=O) groups excluding carboxylic acids is 8. The third kappa shape index (κ3) is 24.4. The van der Waals surface area contributed by atoms with E-state index in [-0.39, 0.29) is 107 Å². The molecule has 12 amide bonds. The van der Waals surface area contributed by atoms with Crippen molar-refractivity contribution in [3.8, 4) is 0 Å². The maximum atomic E-state index is 14.8. The van der Waals surface area contributed by atoms with Crippen LogP contribution >= 0.6 is 103 Å². The molecule has 0 spiro atoms. The van der Waals surface area contributed by atoms with Crippen LogP contribution in [0.3, 0.4) is 0 Å². The fourth-order valence-corrected chi connectivity index (χ4v) is 21.9. The van der Waals surface area contributed by atoms with Gasteiger partial charge in [-0.25, -0.2) is 91.1 Å². The molecule has 0 atom stereocenters. The normalized spacial score (nSPS) is 13.6. The second kappa shape index (κ2) is 41.8. The van der Waals surface area contributed by atoms with Crippen LogP contribution < -0.4 is 76.1 Å². The number of anilines is 11. The van der Waals surface area contributed by atoms with E-state index in [1.54, 1.807) is 44.4 Å². The number of rotatable bonds is 23. The number of hydrogen-bond acceptors (Lipinski definition) is 29. The minimum Gasteiger partial charge on any atom is -0.388 e. The van der Waals surface area contributed by atoms with Gasteiger partial charge in [0.1, 0.15) is 22.5 Å². The van der Waals surface area contributed by atoms with E-state index in [1.807, 2.05) is 123 Å². The number of halogens is 6. The number of hydrogen-bond donors (Lipinski definition) is 11. The van der Waals surface area contributed by atoms with Crippen LogP contribution in [-0.4, -0.2) is 135 Å². The van der Waals surface area contributed by atoms with Crippen molar-refractivity contribution in [3.63, 3.8) is 0 Å². The Balaban J connectivity index is 0.000000150. The predicted molar refractivity (Wildman–Crippen MR) is 510 cm³/mol. The van der Waals surface area contributed by atoms with Gasteiger partial charge < -0.3 is 31.9 Å². The van der Waals surface area contributed by atoms with E-state index in [4.69, 9.17) is 58.0 Å². The van der Waals surface area contributed by atoms with Gasteiger partial charge in [0.15, 0.2) is 17.5 Å². The maximum Gasteiger partial charge on any atom is 0.334 e. The summed E-state index contributed by atoms with van der Waals surface area (Å²) in [5.41, 5.74) is 9.50. The van der Waals surface area contributed by atoms with Crippen LogP contribution in [0.1, 0.15) is 47.9 Å². The van der Waals surface area contributed by atoms with Gasteiger partial charge in [-0.05, 0) is 151 Å². The molecule has 680 valence electrons. The lowest BCUT2D eigenvalue weighted by Gasteiger charge is -2.15. The summed E-state index contributed by atoms with van der Waals surface area (Å²) in [4.78, 5) is 106. The summed E-state index contributed by atoms with van der Waals surface area (Å²) >= 11 is 32.6. The number of nitrogens with one attached hydrogen (secondary N) is 11. The van der Waals surface area contributed by atoms with E-state index in [0.29, 0.717) is 44.2 Å².